The van der Waals surface area contributed by atoms with Crippen LogP contribution in [-0.2, 0) is 57.5 Å². The van der Waals surface area contributed by atoms with Crippen molar-refractivity contribution in [1.82, 2.24) is 37.2 Å². The molecule has 0 fully saturated rings. The van der Waals surface area contributed by atoms with E-state index in [0.29, 0.717) is 25.7 Å². The van der Waals surface area contributed by atoms with E-state index in [1.165, 1.54) is 20.1 Å². The Bertz CT molecular complexity index is 1940. The molecule has 386 valence electrons. The van der Waals surface area contributed by atoms with Crippen LogP contribution in [0.4, 0.5) is 5.69 Å². The van der Waals surface area contributed by atoms with Gasteiger partial charge in [-0.05, 0) is 58.6 Å². The summed E-state index contributed by atoms with van der Waals surface area (Å²) in [6.07, 6.45) is -0.517. The van der Waals surface area contributed by atoms with Crippen LogP contribution in [0.15, 0.2) is 12.1 Å². The Hall–Kier alpha value is -7.69. The topological polar surface area (TPSA) is 461 Å². The van der Waals surface area contributed by atoms with E-state index < -0.39 is 115 Å². The van der Waals surface area contributed by atoms with Crippen molar-refractivity contribution in [2.75, 3.05) is 53.0 Å². The van der Waals surface area contributed by atoms with Gasteiger partial charge in [-0.1, -0.05) is 0 Å². The van der Waals surface area contributed by atoms with Gasteiger partial charge >= 0.3 is 17.9 Å². The van der Waals surface area contributed by atoms with Gasteiger partial charge in [0.1, 0.15) is 18.2 Å². The molecule has 29 heteroatoms. The van der Waals surface area contributed by atoms with Gasteiger partial charge in [-0.25, -0.2) is 0 Å². The van der Waals surface area contributed by atoms with E-state index in [1.54, 1.807) is 6.92 Å². The lowest BCUT2D eigenvalue weighted by molar-refractivity contribution is -0.386. The molecular weight excluding hydrogens is 922 g/mol. The molecule has 1 aromatic carbocycles. The number of nitro benzene ring substituents is 1. The first-order chi connectivity index (χ1) is 32.6. The van der Waals surface area contributed by atoms with Gasteiger partial charge in [0, 0.05) is 25.4 Å². The fourth-order valence-electron chi connectivity index (χ4n) is 5.63. The number of hydrogen-bond acceptors (Lipinski definition) is 18. The van der Waals surface area contributed by atoms with Crippen LogP contribution in [0.3, 0.4) is 0 Å². The maximum atomic E-state index is 13.0. The van der Waals surface area contributed by atoms with Crippen molar-refractivity contribution in [2.45, 2.75) is 95.9 Å². The number of esters is 1. The number of carboxylic acids is 2. The first-order valence-electron chi connectivity index (χ1n) is 21.3. The lowest BCUT2D eigenvalue weighted by Gasteiger charge is -2.23. The van der Waals surface area contributed by atoms with Crippen LogP contribution in [0.5, 0.6) is 11.5 Å². The minimum absolute atomic E-state index is 0.00406. The average molecular weight is 986 g/mol. The highest BCUT2D eigenvalue weighted by Crippen LogP contribution is 2.38. The van der Waals surface area contributed by atoms with Crippen molar-refractivity contribution < 1.29 is 82.1 Å². The van der Waals surface area contributed by atoms with E-state index in [2.05, 4.69) is 43.0 Å². The number of aliphatic carboxylic acids is 2. The number of carbonyl (C=O) groups excluding carboxylic acids is 9. The number of ether oxygens (including phenoxy) is 3. The van der Waals surface area contributed by atoms with Crippen molar-refractivity contribution in [3.05, 3.63) is 27.8 Å². The second-order valence-corrected chi connectivity index (χ2v) is 14.6. The van der Waals surface area contributed by atoms with Gasteiger partial charge in [-0.2, -0.15) is 0 Å². The number of nitro groups is 1. The number of rotatable bonds is 33. The highest BCUT2D eigenvalue weighted by molar-refractivity contribution is 5.96. The molecule has 4 unspecified atom stereocenters. The van der Waals surface area contributed by atoms with Crippen LogP contribution in [0.1, 0.15) is 83.3 Å². The van der Waals surface area contributed by atoms with Gasteiger partial charge in [-0.3, -0.25) is 62.9 Å². The van der Waals surface area contributed by atoms with Crippen LogP contribution in [-0.4, -0.2) is 152 Å². The second kappa shape index (κ2) is 34.6. The highest BCUT2D eigenvalue weighted by atomic mass is 16.6. The number of carbonyl (C=O) groups is 11. The molecule has 0 heterocycles. The maximum Gasteiger partial charge on any atom is 0.306 e. The Labute approximate surface area is 395 Å². The molecule has 0 saturated carbocycles. The summed E-state index contributed by atoms with van der Waals surface area (Å²) in [5.74, 6) is -9.04. The lowest BCUT2D eigenvalue weighted by atomic mass is 10.1. The summed E-state index contributed by atoms with van der Waals surface area (Å²) in [7, 11) is 1.34. The fourth-order valence-corrected chi connectivity index (χ4v) is 5.63. The molecule has 0 aliphatic heterocycles. The molecule has 15 N–H and O–H groups in total. The summed E-state index contributed by atoms with van der Waals surface area (Å²) in [6.45, 7) is 1.47. The number of benzene rings is 1. The van der Waals surface area contributed by atoms with E-state index in [9.17, 15) is 68.3 Å². The molecule has 0 spiro atoms. The van der Waals surface area contributed by atoms with Crippen molar-refractivity contribution in [3.63, 3.8) is 0 Å². The molecule has 0 aliphatic rings. The van der Waals surface area contributed by atoms with Gasteiger partial charge in [0.15, 0.2) is 11.5 Å². The normalized spacial score (nSPS) is 12.0. The van der Waals surface area contributed by atoms with E-state index in [-0.39, 0.29) is 80.6 Å². The Balaban J connectivity index is 0.0000150. The lowest BCUT2D eigenvalue weighted by Crippen LogP contribution is -2.56. The van der Waals surface area contributed by atoms with Gasteiger partial charge in [0.25, 0.3) is 5.69 Å². The van der Waals surface area contributed by atoms with Crippen molar-refractivity contribution in [3.8, 4) is 11.5 Å². The summed E-state index contributed by atoms with van der Waals surface area (Å²) in [4.78, 5) is 141. The van der Waals surface area contributed by atoms with Gasteiger partial charge in [0.05, 0.1) is 69.3 Å². The molecule has 0 saturated heterocycles. The minimum atomic E-state index is -1.80. The number of nitrogens with two attached hydrogens (primary N) is 3. The molecular formula is C40H63N11O18. The third-order valence-electron chi connectivity index (χ3n) is 8.99. The SMILES string of the molecule is COc1cc(C(C)OC(=O)CCCN)c([N+](=O)[O-])cc1OCCCC(=O)NCCCCC(C)NC(=O)C(CC(=O)O)NC(=O)C(CC(=O)O)NC(=O)CNC(=O)CNC(=O)CNC(=O)CN.NC=O. The van der Waals surface area contributed by atoms with E-state index in [4.69, 9.17) is 30.5 Å². The second-order valence-electron chi connectivity index (χ2n) is 14.6. The molecule has 8 amide bonds. The largest absolute Gasteiger partial charge is 0.493 e. The summed E-state index contributed by atoms with van der Waals surface area (Å²) in [5.41, 5.74) is 14.4. The highest BCUT2D eigenvalue weighted by Gasteiger charge is 2.31. The van der Waals surface area contributed by atoms with Crippen LogP contribution in [0.2, 0.25) is 0 Å². The smallest absolute Gasteiger partial charge is 0.306 e. The Morgan fingerprint density at radius 2 is 1.28 bits per heavy atom. The number of nitrogens with zero attached hydrogens (tertiary/aromatic N) is 1. The summed E-state index contributed by atoms with van der Waals surface area (Å²) >= 11 is 0. The third-order valence-corrected chi connectivity index (χ3v) is 8.99. The number of nitrogens with one attached hydrogen (secondary N) is 7. The first-order valence-corrected chi connectivity index (χ1v) is 21.3. The zero-order valence-corrected chi connectivity index (χ0v) is 38.5. The van der Waals surface area contributed by atoms with Gasteiger partial charge < -0.3 is 78.8 Å². The standard InChI is InChI=1S/C39H60N10O17.CH3NO/c1-22(8-4-5-12-42-30(50)9-7-13-65-29-17-27(49(62)63)24(14-28(29)64-3)23(2)66-37(59)10-6-11-40)46-38(60)26(16-36(57)58)48-39(61)25(15-35(55)56)47-34(54)21-45-33(53)20-44-32(52)19-43-31(51)18-41;2-1-3/h14,17,22-23,25-26H,4-13,15-16,18-21,40-41H2,1-3H3,(H,42,50)(H,43,51)(H,44,52)(H,45,53)(H,46,60)(H,47,54)(H,48,61)(H,55,56)(H,57,58);1H,(H2,2,3). The third kappa shape index (κ3) is 27.5. The van der Waals surface area contributed by atoms with Crippen molar-refractivity contribution >= 4 is 71.4 Å². The summed E-state index contributed by atoms with van der Waals surface area (Å²) < 4.78 is 16.3. The number of hydrogen-bond donors (Lipinski definition) is 12. The van der Waals surface area contributed by atoms with Crippen molar-refractivity contribution in [1.29, 1.82) is 0 Å². The molecule has 0 bridgehead atoms. The van der Waals surface area contributed by atoms with Gasteiger partial charge in [0.2, 0.25) is 47.8 Å². The van der Waals surface area contributed by atoms with Crippen LogP contribution in [0, 0.1) is 10.1 Å². The first kappa shape index (κ1) is 61.3. The fraction of sp³-hybridized carbons (Fsp3) is 0.575. The number of amides is 8. The molecule has 0 radical (unpaired) electrons. The van der Waals surface area contributed by atoms with Crippen LogP contribution in [0.25, 0.3) is 0 Å². The molecule has 1 rings (SSSR count). The predicted octanol–water partition coefficient (Wildman–Crippen LogP) is -3.78. The quantitative estimate of drug-likeness (QED) is 0.0106. The molecule has 0 aromatic heterocycles. The van der Waals surface area contributed by atoms with E-state index >= 15 is 0 Å². The summed E-state index contributed by atoms with van der Waals surface area (Å²) in [6, 6.07) is -1.52. The molecule has 29 nitrogen and oxygen atoms in total. The number of methoxy groups -OCH3 is 1. The molecule has 1 aromatic rings. The summed E-state index contributed by atoms with van der Waals surface area (Å²) in [5, 5.41) is 46.6. The maximum absolute atomic E-state index is 13.0. The number of primary amides is 1. The van der Waals surface area contributed by atoms with Gasteiger partial charge in [-0.15, -0.1) is 0 Å². The number of unbranched alkanes of at least 4 members (excludes halogenated alkanes) is 1. The number of carboxylic acid groups (broad SMARTS) is 2. The predicted molar refractivity (Wildman–Crippen MR) is 238 cm³/mol. The zero-order valence-electron chi connectivity index (χ0n) is 38.5. The van der Waals surface area contributed by atoms with E-state index in [0.717, 1.165) is 6.07 Å². The Morgan fingerprint density at radius 3 is 1.81 bits per heavy atom. The Kier molecular flexibility index (Phi) is 30.7. The minimum Gasteiger partial charge on any atom is -0.493 e. The molecule has 4 atom stereocenters. The Morgan fingerprint density at radius 1 is 0.725 bits per heavy atom. The monoisotopic (exact) mass is 985 g/mol. The van der Waals surface area contributed by atoms with E-state index in [1.807, 2.05) is 0 Å². The van der Waals surface area contributed by atoms with Crippen LogP contribution >= 0.6 is 0 Å². The average Bonchev–Trinajstić information content (AvgIpc) is 3.28. The van der Waals surface area contributed by atoms with Crippen molar-refractivity contribution in [2.24, 2.45) is 17.2 Å². The van der Waals surface area contributed by atoms with Crippen LogP contribution < -0.4 is 63.9 Å². The zero-order chi connectivity index (χ0) is 52.5. The molecule has 0 aliphatic carbocycles. The molecule has 69 heavy (non-hydrogen) atoms.